The Morgan fingerprint density at radius 1 is 1.28 bits per heavy atom. The summed E-state index contributed by atoms with van der Waals surface area (Å²) < 4.78 is 9.45. The fourth-order valence-electron chi connectivity index (χ4n) is 0.908. The first-order chi connectivity index (χ1) is 8.43. The van der Waals surface area contributed by atoms with E-state index in [4.69, 9.17) is 10.5 Å². The van der Waals surface area contributed by atoms with Gasteiger partial charge in [-0.05, 0) is 13.8 Å². The Bertz CT molecular complexity index is 376. The smallest absolute Gasteiger partial charge is 0.349 e. The number of aliphatic hydroxyl groups is 1. The molecular weight excluding hydrogens is 242 g/mol. The van der Waals surface area contributed by atoms with E-state index in [2.05, 4.69) is 9.84 Å². The summed E-state index contributed by atoms with van der Waals surface area (Å²) in [6, 6.07) is 0. The van der Waals surface area contributed by atoms with E-state index in [9.17, 15) is 14.7 Å². The lowest BCUT2D eigenvalue weighted by Gasteiger charge is -2.09. The second-order valence-corrected chi connectivity index (χ2v) is 3.00. The number of ether oxygens (including phenoxy) is 2. The average molecular weight is 259 g/mol. The molecule has 0 aliphatic heterocycles. The standard InChI is InChI=1S/C10H17N3O5/c1-4-17-9(15)7(10(16)18-5-2)8(11)13-12-6(3)14/h15H,4-5H2,1-3H3,(H2,11,13)(H,12,14). The van der Waals surface area contributed by atoms with Gasteiger partial charge in [-0.2, -0.15) is 5.10 Å². The lowest BCUT2D eigenvalue weighted by molar-refractivity contribution is -0.138. The van der Waals surface area contributed by atoms with Gasteiger partial charge in [0.1, 0.15) is 0 Å². The molecule has 102 valence electrons. The van der Waals surface area contributed by atoms with E-state index in [0.717, 1.165) is 0 Å². The maximum Gasteiger partial charge on any atom is 0.349 e. The number of nitrogens with two attached hydrogens (primary N) is 1. The zero-order valence-electron chi connectivity index (χ0n) is 10.5. The van der Waals surface area contributed by atoms with Gasteiger partial charge in [-0.15, -0.1) is 0 Å². The van der Waals surface area contributed by atoms with Crippen LogP contribution in [-0.2, 0) is 19.1 Å². The molecule has 0 aromatic carbocycles. The number of amides is 1. The number of nitrogens with zero attached hydrogens (tertiary/aromatic N) is 1. The van der Waals surface area contributed by atoms with Crippen molar-refractivity contribution in [2.24, 2.45) is 10.8 Å². The van der Waals surface area contributed by atoms with Gasteiger partial charge in [0, 0.05) is 6.92 Å². The summed E-state index contributed by atoms with van der Waals surface area (Å²) in [5.74, 6) is -2.48. The van der Waals surface area contributed by atoms with Crippen LogP contribution in [0.5, 0.6) is 0 Å². The molecule has 0 heterocycles. The highest BCUT2D eigenvalue weighted by molar-refractivity contribution is 6.18. The van der Waals surface area contributed by atoms with Crippen LogP contribution in [0.1, 0.15) is 20.8 Å². The average Bonchev–Trinajstić information content (AvgIpc) is 2.27. The molecule has 0 saturated carbocycles. The normalized spacial score (nSPS) is 12.5. The number of hydrogen-bond donors (Lipinski definition) is 3. The van der Waals surface area contributed by atoms with Crippen LogP contribution >= 0.6 is 0 Å². The molecule has 0 fully saturated rings. The van der Waals surface area contributed by atoms with Gasteiger partial charge in [0.2, 0.25) is 5.91 Å². The minimum atomic E-state index is -0.893. The molecule has 0 atom stereocenters. The van der Waals surface area contributed by atoms with Crippen molar-refractivity contribution in [1.29, 1.82) is 0 Å². The second-order valence-electron chi connectivity index (χ2n) is 3.00. The highest BCUT2D eigenvalue weighted by atomic mass is 16.6. The van der Waals surface area contributed by atoms with Crippen molar-refractivity contribution in [3.8, 4) is 0 Å². The molecule has 1 amide bonds. The topological polar surface area (TPSA) is 123 Å². The van der Waals surface area contributed by atoms with Crippen LogP contribution in [0.3, 0.4) is 0 Å². The fourth-order valence-corrected chi connectivity index (χ4v) is 0.908. The number of carbonyl (C=O) groups is 2. The van der Waals surface area contributed by atoms with Crippen molar-refractivity contribution in [2.75, 3.05) is 13.2 Å². The third kappa shape index (κ3) is 5.19. The van der Waals surface area contributed by atoms with E-state index in [1.807, 2.05) is 5.43 Å². The largest absolute Gasteiger partial charge is 0.480 e. The van der Waals surface area contributed by atoms with Crippen LogP contribution in [0.2, 0.25) is 0 Å². The van der Waals surface area contributed by atoms with Crippen LogP contribution < -0.4 is 11.2 Å². The van der Waals surface area contributed by atoms with Crippen LogP contribution in [0, 0.1) is 0 Å². The Kier molecular flexibility index (Phi) is 6.94. The predicted molar refractivity (Wildman–Crippen MR) is 63.4 cm³/mol. The molecule has 0 aliphatic rings. The van der Waals surface area contributed by atoms with E-state index in [-0.39, 0.29) is 13.2 Å². The van der Waals surface area contributed by atoms with Gasteiger partial charge in [-0.25, -0.2) is 10.2 Å². The molecule has 0 saturated heterocycles. The Morgan fingerprint density at radius 2 is 1.83 bits per heavy atom. The molecule has 0 aromatic heterocycles. The molecule has 0 unspecified atom stereocenters. The summed E-state index contributed by atoms with van der Waals surface area (Å²) in [6.07, 6.45) is 0. The second kappa shape index (κ2) is 7.93. The van der Waals surface area contributed by atoms with Crippen molar-refractivity contribution in [2.45, 2.75) is 20.8 Å². The number of carbonyl (C=O) groups excluding carboxylic acids is 2. The van der Waals surface area contributed by atoms with Crippen LogP contribution in [0.15, 0.2) is 16.6 Å². The van der Waals surface area contributed by atoms with Gasteiger partial charge >= 0.3 is 5.97 Å². The lowest BCUT2D eigenvalue weighted by Crippen LogP contribution is -2.29. The first-order valence-corrected chi connectivity index (χ1v) is 5.27. The minimum Gasteiger partial charge on any atom is -0.480 e. The number of amidine groups is 1. The van der Waals surface area contributed by atoms with Crippen LogP contribution in [0.4, 0.5) is 0 Å². The van der Waals surface area contributed by atoms with E-state index in [1.54, 1.807) is 13.8 Å². The van der Waals surface area contributed by atoms with Gasteiger partial charge in [-0.1, -0.05) is 0 Å². The summed E-state index contributed by atoms with van der Waals surface area (Å²) >= 11 is 0. The Balaban J connectivity index is 5.21. The van der Waals surface area contributed by atoms with Crippen molar-refractivity contribution < 1.29 is 24.2 Å². The van der Waals surface area contributed by atoms with E-state index in [1.165, 1.54) is 6.92 Å². The first kappa shape index (κ1) is 15.8. The Labute approximate surface area is 104 Å². The minimum absolute atomic E-state index is 0.0924. The monoisotopic (exact) mass is 259 g/mol. The zero-order valence-corrected chi connectivity index (χ0v) is 10.5. The fraction of sp³-hybridized carbons (Fsp3) is 0.500. The maximum absolute atomic E-state index is 11.6. The van der Waals surface area contributed by atoms with Gasteiger partial charge in [0.05, 0.1) is 13.2 Å². The number of rotatable bonds is 6. The summed E-state index contributed by atoms with van der Waals surface area (Å²) in [5.41, 5.74) is 7.06. The van der Waals surface area contributed by atoms with Crippen molar-refractivity contribution >= 4 is 17.7 Å². The molecule has 0 bridgehead atoms. The highest BCUT2D eigenvalue weighted by Gasteiger charge is 2.22. The Morgan fingerprint density at radius 3 is 2.28 bits per heavy atom. The SMILES string of the molecule is CCOC(=O)C(C(N)=NNC(C)=O)=C(O)OCC. The molecule has 0 rings (SSSR count). The summed E-state index contributed by atoms with van der Waals surface area (Å²) in [6.45, 7) is 4.64. The van der Waals surface area contributed by atoms with Crippen molar-refractivity contribution in [1.82, 2.24) is 5.43 Å². The van der Waals surface area contributed by atoms with Gasteiger partial charge < -0.3 is 20.3 Å². The van der Waals surface area contributed by atoms with Gasteiger partial charge in [0.25, 0.3) is 5.95 Å². The molecule has 4 N–H and O–H groups in total. The van der Waals surface area contributed by atoms with E-state index >= 15 is 0 Å². The van der Waals surface area contributed by atoms with Crippen molar-refractivity contribution in [3.05, 3.63) is 11.5 Å². The molecular formula is C10H17N3O5. The molecule has 0 radical (unpaired) electrons. The summed E-state index contributed by atoms with van der Waals surface area (Å²) in [4.78, 5) is 22.2. The Hall–Kier alpha value is -2.25. The van der Waals surface area contributed by atoms with E-state index < -0.39 is 29.2 Å². The molecule has 0 spiro atoms. The summed E-state index contributed by atoms with van der Waals surface area (Å²) in [5, 5.41) is 13.0. The van der Waals surface area contributed by atoms with Crippen LogP contribution in [-0.4, -0.2) is 36.0 Å². The van der Waals surface area contributed by atoms with Gasteiger partial charge in [-0.3, -0.25) is 4.79 Å². The number of hydrogen-bond acceptors (Lipinski definition) is 6. The highest BCUT2D eigenvalue weighted by Crippen LogP contribution is 2.06. The van der Waals surface area contributed by atoms with Crippen LogP contribution in [0.25, 0.3) is 0 Å². The summed E-state index contributed by atoms with van der Waals surface area (Å²) in [7, 11) is 0. The third-order valence-corrected chi connectivity index (χ3v) is 1.56. The number of esters is 1. The maximum atomic E-state index is 11.6. The van der Waals surface area contributed by atoms with Gasteiger partial charge in [0.15, 0.2) is 11.4 Å². The molecule has 8 nitrogen and oxygen atoms in total. The molecule has 0 aliphatic carbocycles. The third-order valence-electron chi connectivity index (χ3n) is 1.56. The quantitative estimate of drug-likeness (QED) is 0.151. The zero-order chi connectivity index (χ0) is 14.1. The lowest BCUT2D eigenvalue weighted by atomic mass is 10.2. The van der Waals surface area contributed by atoms with E-state index in [0.29, 0.717) is 0 Å². The molecule has 8 heteroatoms. The van der Waals surface area contributed by atoms with Crippen molar-refractivity contribution in [3.63, 3.8) is 0 Å². The number of aliphatic hydroxyl groups excluding tert-OH is 1. The predicted octanol–water partition coefficient (Wildman–Crippen LogP) is -0.236. The number of nitrogens with one attached hydrogen (secondary N) is 1. The molecule has 18 heavy (non-hydrogen) atoms. The number of hydrazone groups is 1. The first-order valence-electron chi connectivity index (χ1n) is 5.27. The molecule has 0 aromatic rings.